The highest BCUT2D eigenvalue weighted by Gasteiger charge is 2.21. The Labute approximate surface area is 55.2 Å². The van der Waals surface area contributed by atoms with Crippen molar-refractivity contribution in [3.63, 3.8) is 0 Å². The maximum absolute atomic E-state index is 4.31. The SMILES string of the molecule is CC1(C)C[N]CCS1. The van der Waals surface area contributed by atoms with Gasteiger partial charge in [0.1, 0.15) is 0 Å². The minimum Gasteiger partial charge on any atom is -0.240 e. The molecule has 1 aliphatic heterocycles. The molecular weight excluding hydrogens is 118 g/mol. The Kier molecular flexibility index (Phi) is 1.83. The molecule has 1 heterocycles. The van der Waals surface area contributed by atoms with Crippen molar-refractivity contribution in [1.82, 2.24) is 5.32 Å². The number of nitrogens with zero attached hydrogens (tertiary/aromatic N) is 1. The Bertz CT molecular complexity index is 72.6. The molecule has 0 aliphatic carbocycles. The zero-order valence-electron chi connectivity index (χ0n) is 5.48. The molecule has 0 aromatic rings. The molecule has 1 nitrogen and oxygen atoms in total. The van der Waals surface area contributed by atoms with Crippen LogP contribution in [0.3, 0.4) is 0 Å². The normalized spacial score (nSPS) is 27.8. The van der Waals surface area contributed by atoms with Crippen LogP contribution in [0.4, 0.5) is 0 Å². The largest absolute Gasteiger partial charge is 0.240 e. The fraction of sp³-hybridized carbons (Fsp3) is 1.00. The van der Waals surface area contributed by atoms with Crippen molar-refractivity contribution >= 4 is 11.8 Å². The van der Waals surface area contributed by atoms with Crippen LogP contribution in [-0.2, 0) is 0 Å². The molecule has 0 unspecified atom stereocenters. The summed E-state index contributed by atoms with van der Waals surface area (Å²) < 4.78 is 0.429. The Balaban J connectivity index is 2.33. The third-order valence-corrected chi connectivity index (χ3v) is 2.53. The number of thioether (sulfide) groups is 1. The third kappa shape index (κ3) is 1.67. The molecule has 2 heteroatoms. The zero-order chi connectivity index (χ0) is 6.04. The van der Waals surface area contributed by atoms with Gasteiger partial charge in [0.2, 0.25) is 0 Å². The lowest BCUT2D eigenvalue weighted by atomic mass is 10.2. The fourth-order valence-electron chi connectivity index (χ4n) is 0.780. The molecule has 47 valence electrons. The lowest BCUT2D eigenvalue weighted by molar-refractivity contribution is 0.579. The summed E-state index contributed by atoms with van der Waals surface area (Å²) in [7, 11) is 0. The van der Waals surface area contributed by atoms with Crippen molar-refractivity contribution in [1.29, 1.82) is 0 Å². The second kappa shape index (κ2) is 2.28. The molecule has 1 radical (unpaired) electrons. The van der Waals surface area contributed by atoms with Crippen molar-refractivity contribution < 1.29 is 0 Å². The lowest BCUT2D eigenvalue weighted by Crippen LogP contribution is -2.34. The predicted molar refractivity (Wildman–Crippen MR) is 38.4 cm³/mol. The number of rotatable bonds is 0. The van der Waals surface area contributed by atoms with Gasteiger partial charge in [0.15, 0.2) is 0 Å². The van der Waals surface area contributed by atoms with Crippen molar-refractivity contribution in [2.45, 2.75) is 18.6 Å². The summed E-state index contributed by atoms with van der Waals surface area (Å²) in [6.45, 7) is 6.60. The van der Waals surface area contributed by atoms with Gasteiger partial charge in [-0.1, -0.05) is 0 Å². The molecule has 1 fully saturated rings. The van der Waals surface area contributed by atoms with Crippen molar-refractivity contribution in [3.8, 4) is 0 Å². The minimum atomic E-state index is 0.429. The van der Waals surface area contributed by atoms with E-state index in [2.05, 4.69) is 19.2 Å². The van der Waals surface area contributed by atoms with Crippen LogP contribution in [0.2, 0.25) is 0 Å². The van der Waals surface area contributed by atoms with E-state index in [1.165, 1.54) is 5.75 Å². The van der Waals surface area contributed by atoms with E-state index < -0.39 is 0 Å². The van der Waals surface area contributed by atoms with Crippen LogP contribution in [0.5, 0.6) is 0 Å². The van der Waals surface area contributed by atoms with Crippen LogP contribution in [-0.4, -0.2) is 23.6 Å². The van der Waals surface area contributed by atoms with Gasteiger partial charge in [-0.05, 0) is 13.8 Å². The van der Waals surface area contributed by atoms with E-state index >= 15 is 0 Å². The molecule has 0 bridgehead atoms. The summed E-state index contributed by atoms with van der Waals surface area (Å²) >= 11 is 2.03. The van der Waals surface area contributed by atoms with Gasteiger partial charge in [0.05, 0.1) is 0 Å². The second-order valence-corrected chi connectivity index (χ2v) is 4.52. The Morgan fingerprint density at radius 2 is 2.25 bits per heavy atom. The van der Waals surface area contributed by atoms with E-state index in [1.54, 1.807) is 0 Å². The standard InChI is InChI=1S/C6H12NS/c1-6(2)5-7-3-4-8-6/h3-5H2,1-2H3. The molecule has 0 aromatic heterocycles. The quantitative estimate of drug-likeness (QED) is 0.479. The first-order valence-electron chi connectivity index (χ1n) is 2.98. The van der Waals surface area contributed by atoms with E-state index in [0.717, 1.165) is 13.1 Å². The average Bonchev–Trinajstić information content (AvgIpc) is 1.65. The van der Waals surface area contributed by atoms with Crippen LogP contribution in [0.1, 0.15) is 13.8 Å². The van der Waals surface area contributed by atoms with Gasteiger partial charge in [0.25, 0.3) is 0 Å². The van der Waals surface area contributed by atoms with Crippen LogP contribution < -0.4 is 5.32 Å². The highest BCUT2D eigenvalue weighted by Crippen LogP contribution is 2.25. The van der Waals surface area contributed by atoms with E-state index in [-0.39, 0.29) is 0 Å². The molecule has 0 atom stereocenters. The Morgan fingerprint density at radius 1 is 1.50 bits per heavy atom. The van der Waals surface area contributed by atoms with Gasteiger partial charge in [-0.25, -0.2) is 5.32 Å². The molecule has 0 saturated carbocycles. The third-order valence-electron chi connectivity index (χ3n) is 1.23. The molecule has 1 aliphatic rings. The van der Waals surface area contributed by atoms with Gasteiger partial charge in [-0.3, -0.25) is 0 Å². The second-order valence-electron chi connectivity index (χ2n) is 2.71. The molecule has 8 heavy (non-hydrogen) atoms. The number of hydrogen-bond acceptors (Lipinski definition) is 1. The van der Waals surface area contributed by atoms with Crippen molar-refractivity contribution in [3.05, 3.63) is 0 Å². The molecule has 1 saturated heterocycles. The smallest absolute Gasteiger partial charge is 0.0276 e. The summed E-state index contributed by atoms with van der Waals surface area (Å²) in [4.78, 5) is 0. The maximum atomic E-state index is 4.31. The summed E-state index contributed by atoms with van der Waals surface area (Å²) in [6.07, 6.45) is 0. The van der Waals surface area contributed by atoms with Gasteiger partial charge in [0, 0.05) is 23.6 Å². The topological polar surface area (TPSA) is 14.1 Å². The number of hydrogen-bond donors (Lipinski definition) is 0. The van der Waals surface area contributed by atoms with Crippen molar-refractivity contribution in [2.75, 3.05) is 18.8 Å². The molecule has 0 N–H and O–H groups in total. The molecule has 0 spiro atoms. The Hall–Kier alpha value is 0.310. The summed E-state index contributed by atoms with van der Waals surface area (Å²) in [5.74, 6) is 1.22. The van der Waals surface area contributed by atoms with Crippen LogP contribution in [0.25, 0.3) is 0 Å². The highest BCUT2D eigenvalue weighted by atomic mass is 32.2. The van der Waals surface area contributed by atoms with Crippen LogP contribution >= 0.6 is 11.8 Å². The zero-order valence-corrected chi connectivity index (χ0v) is 6.29. The fourth-order valence-corrected chi connectivity index (χ4v) is 1.74. The molecule has 0 aromatic carbocycles. The van der Waals surface area contributed by atoms with Crippen LogP contribution in [0, 0.1) is 0 Å². The molecule has 0 amide bonds. The summed E-state index contributed by atoms with van der Waals surface area (Å²) in [6, 6.07) is 0. The van der Waals surface area contributed by atoms with E-state index in [4.69, 9.17) is 0 Å². The predicted octanol–water partition coefficient (Wildman–Crippen LogP) is 1.12. The molecule has 1 rings (SSSR count). The highest BCUT2D eigenvalue weighted by molar-refractivity contribution is 8.00. The summed E-state index contributed by atoms with van der Waals surface area (Å²) in [5.41, 5.74) is 0. The van der Waals surface area contributed by atoms with Crippen LogP contribution in [0.15, 0.2) is 0 Å². The lowest BCUT2D eigenvalue weighted by Gasteiger charge is -2.27. The van der Waals surface area contributed by atoms with E-state index in [0.29, 0.717) is 4.75 Å². The first kappa shape index (κ1) is 6.43. The maximum Gasteiger partial charge on any atom is 0.0276 e. The van der Waals surface area contributed by atoms with Gasteiger partial charge < -0.3 is 0 Å². The summed E-state index contributed by atoms with van der Waals surface area (Å²) in [5, 5.41) is 4.31. The van der Waals surface area contributed by atoms with Gasteiger partial charge >= 0.3 is 0 Å². The van der Waals surface area contributed by atoms with Gasteiger partial charge in [-0.2, -0.15) is 11.8 Å². The average molecular weight is 130 g/mol. The van der Waals surface area contributed by atoms with Crippen molar-refractivity contribution in [2.24, 2.45) is 0 Å². The first-order valence-corrected chi connectivity index (χ1v) is 3.96. The minimum absolute atomic E-state index is 0.429. The molecular formula is C6H12NS. The van der Waals surface area contributed by atoms with Gasteiger partial charge in [-0.15, -0.1) is 0 Å². The van der Waals surface area contributed by atoms with E-state index in [1.807, 2.05) is 11.8 Å². The Morgan fingerprint density at radius 3 is 2.50 bits per heavy atom. The van der Waals surface area contributed by atoms with E-state index in [9.17, 15) is 0 Å². The first-order chi connectivity index (χ1) is 3.71. The monoisotopic (exact) mass is 130 g/mol.